The number of nitro benzene ring substituents is 1. The molecule has 1 heterocycles. The van der Waals surface area contributed by atoms with Crippen LogP contribution in [-0.2, 0) is 16.9 Å². The summed E-state index contributed by atoms with van der Waals surface area (Å²) in [7, 11) is 0. The van der Waals surface area contributed by atoms with Crippen LogP contribution in [0, 0.1) is 10.1 Å². The summed E-state index contributed by atoms with van der Waals surface area (Å²) in [6, 6.07) is 14.6. The number of hydrogen-bond acceptors (Lipinski definition) is 4. The minimum absolute atomic E-state index is 0.0319. The lowest BCUT2D eigenvalue weighted by Gasteiger charge is -2.27. The summed E-state index contributed by atoms with van der Waals surface area (Å²) in [4.78, 5) is 37.1. The summed E-state index contributed by atoms with van der Waals surface area (Å²) in [5.41, 5.74) is 0.315. The standard InChI is InChI=1S/C19H19N3O4/c1-2-12-19(15-6-4-3-5-7-15)17(23)21(18(24)20-19)13-14-8-10-16(11-9-14)22(25)26/h3-11H,2,12-13H2,1H3,(H,20,24). The van der Waals surface area contributed by atoms with Gasteiger partial charge in [0.2, 0.25) is 0 Å². The highest BCUT2D eigenvalue weighted by atomic mass is 16.6. The Balaban J connectivity index is 1.89. The van der Waals surface area contributed by atoms with E-state index in [1.165, 1.54) is 17.0 Å². The molecule has 1 saturated heterocycles. The first-order valence-electron chi connectivity index (χ1n) is 8.41. The molecule has 0 saturated carbocycles. The highest BCUT2D eigenvalue weighted by Crippen LogP contribution is 2.34. The second-order valence-electron chi connectivity index (χ2n) is 6.27. The Labute approximate surface area is 150 Å². The summed E-state index contributed by atoms with van der Waals surface area (Å²) in [5, 5.41) is 13.6. The molecular formula is C19H19N3O4. The van der Waals surface area contributed by atoms with Crippen molar-refractivity contribution in [1.82, 2.24) is 10.2 Å². The number of rotatable bonds is 6. The van der Waals surface area contributed by atoms with Gasteiger partial charge in [0, 0.05) is 12.1 Å². The molecule has 1 unspecified atom stereocenters. The van der Waals surface area contributed by atoms with E-state index in [4.69, 9.17) is 0 Å². The van der Waals surface area contributed by atoms with E-state index in [0.717, 1.165) is 12.0 Å². The molecule has 7 heteroatoms. The van der Waals surface area contributed by atoms with Gasteiger partial charge in [-0.15, -0.1) is 0 Å². The largest absolute Gasteiger partial charge is 0.325 e. The van der Waals surface area contributed by atoms with Crippen LogP contribution in [0.4, 0.5) is 10.5 Å². The van der Waals surface area contributed by atoms with E-state index in [2.05, 4.69) is 5.32 Å². The first-order chi connectivity index (χ1) is 12.5. The number of benzene rings is 2. The Morgan fingerprint density at radius 2 is 1.73 bits per heavy atom. The highest BCUT2D eigenvalue weighted by molar-refractivity contribution is 6.07. The maximum Gasteiger partial charge on any atom is 0.325 e. The minimum atomic E-state index is -1.06. The van der Waals surface area contributed by atoms with Gasteiger partial charge in [-0.25, -0.2) is 4.79 Å². The molecule has 0 spiro atoms. The van der Waals surface area contributed by atoms with Crippen LogP contribution in [-0.4, -0.2) is 21.8 Å². The molecule has 1 aliphatic rings. The van der Waals surface area contributed by atoms with Gasteiger partial charge in [-0.05, 0) is 17.5 Å². The Kier molecular flexibility index (Phi) is 4.71. The first-order valence-corrected chi connectivity index (χ1v) is 8.41. The van der Waals surface area contributed by atoms with Crippen LogP contribution in [0.25, 0.3) is 0 Å². The normalized spacial score (nSPS) is 19.5. The Morgan fingerprint density at radius 1 is 1.08 bits per heavy atom. The predicted octanol–water partition coefficient (Wildman–Crippen LogP) is 3.34. The first kappa shape index (κ1) is 17.6. The molecule has 0 radical (unpaired) electrons. The number of nitrogens with zero attached hydrogens (tertiary/aromatic N) is 2. The molecule has 1 N–H and O–H groups in total. The van der Waals surface area contributed by atoms with Crippen molar-refractivity contribution in [2.75, 3.05) is 0 Å². The fraction of sp³-hybridized carbons (Fsp3) is 0.263. The third-order valence-corrected chi connectivity index (χ3v) is 4.56. The van der Waals surface area contributed by atoms with Crippen molar-refractivity contribution in [1.29, 1.82) is 0 Å². The molecule has 3 rings (SSSR count). The van der Waals surface area contributed by atoms with Gasteiger partial charge in [-0.2, -0.15) is 0 Å². The third-order valence-electron chi connectivity index (χ3n) is 4.56. The molecule has 2 aromatic carbocycles. The molecule has 134 valence electrons. The van der Waals surface area contributed by atoms with Crippen LogP contribution in [0.1, 0.15) is 30.9 Å². The van der Waals surface area contributed by atoms with Crippen molar-refractivity contribution >= 4 is 17.6 Å². The fourth-order valence-corrected chi connectivity index (χ4v) is 3.28. The molecule has 7 nitrogen and oxygen atoms in total. The fourth-order valence-electron chi connectivity index (χ4n) is 3.28. The number of carbonyl (C=O) groups is 2. The number of imide groups is 1. The van der Waals surface area contributed by atoms with Crippen LogP contribution in [0.2, 0.25) is 0 Å². The van der Waals surface area contributed by atoms with Crippen LogP contribution in [0.15, 0.2) is 54.6 Å². The summed E-state index contributed by atoms with van der Waals surface area (Å²) < 4.78 is 0. The number of carbonyl (C=O) groups excluding carboxylic acids is 2. The maximum absolute atomic E-state index is 13.1. The second-order valence-corrected chi connectivity index (χ2v) is 6.27. The SMILES string of the molecule is CCCC1(c2ccccc2)NC(=O)N(Cc2ccc([N+](=O)[O-])cc2)C1=O. The monoisotopic (exact) mass is 353 g/mol. The number of nitrogens with one attached hydrogen (secondary N) is 1. The zero-order chi connectivity index (χ0) is 18.7. The lowest BCUT2D eigenvalue weighted by atomic mass is 9.85. The van der Waals surface area contributed by atoms with Gasteiger partial charge in [0.1, 0.15) is 5.54 Å². The van der Waals surface area contributed by atoms with E-state index in [0.29, 0.717) is 12.0 Å². The molecule has 3 amide bonds. The average molecular weight is 353 g/mol. The van der Waals surface area contributed by atoms with Gasteiger partial charge in [0.15, 0.2) is 0 Å². The summed E-state index contributed by atoms with van der Waals surface area (Å²) in [6.45, 7) is 2.03. The van der Waals surface area contributed by atoms with Crippen molar-refractivity contribution in [3.05, 3.63) is 75.8 Å². The number of urea groups is 1. The number of hydrogen-bond donors (Lipinski definition) is 1. The van der Waals surface area contributed by atoms with Crippen molar-refractivity contribution in [3.63, 3.8) is 0 Å². The van der Waals surface area contributed by atoms with E-state index in [1.807, 2.05) is 37.3 Å². The maximum atomic E-state index is 13.1. The van der Waals surface area contributed by atoms with E-state index in [-0.39, 0.29) is 18.1 Å². The molecule has 1 aliphatic heterocycles. The van der Waals surface area contributed by atoms with Crippen molar-refractivity contribution < 1.29 is 14.5 Å². The zero-order valence-corrected chi connectivity index (χ0v) is 14.3. The van der Waals surface area contributed by atoms with Crippen molar-refractivity contribution in [2.45, 2.75) is 31.8 Å². The molecule has 0 aliphatic carbocycles. The molecule has 26 heavy (non-hydrogen) atoms. The topological polar surface area (TPSA) is 92.6 Å². The van der Waals surface area contributed by atoms with Crippen LogP contribution in [0.3, 0.4) is 0 Å². The van der Waals surface area contributed by atoms with Crippen molar-refractivity contribution in [3.8, 4) is 0 Å². The third kappa shape index (κ3) is 3.03. The lowest BCUT2D eigenvalue weighted by molar-refractivity contribution is -0.384. The van der Waals surface area contributed by atoms with Crippen LogP contribution < -0.4 is 5.32 Å². The van der Waals surface area contributed by atoms with Gasteiger partial charge in [0.05, 0.1) is 11.5 Å². The molecule has 1 fully saturated rings. The van der Waals surface area contributed by atoms with E-state index in [9.17, 15) is 19.7 Å². The lowest BCUT2D eigenvalue weighted by Crippen LogP contribution is -2.43. The zero-order valence-electron chi connectivity index (χ0n) is 14.3. The summed E-state index contributed by atoms with van der Waals surface area (Å²) in [6.07, 6.45) is 1.23. The van der Waals surface area contributed by atoms with Gasteiger partial charge in [-0.1, -0.05) is 55.8 Å². The van der Waals surface area contributed by atoms with E-state index < -0.39 is 16.5 Å². The number of amides is 3. The van der Waals surface area contributed by atoms with Crippen LogP contribution >= 0.6 is 0 Å². The molecule has 2 aromatic rings. The predicted molar refractivity (Wildman–Crippen MR) is 95.2 cm³/mol. The Bertz CT molecular complexity index is 836. The quantitative estimate of drug-likeness (QED) is 0.490. The van der Waals surface area contributed by atoms with E-state index in [1.54, 1.807) is 12.1 Å². The summed E-state index contributed by atoms with van der Waals surface area (Å²) in [5.74, 6) is -0.297. The summed E-state index contributed by atoms with van der Waals surface area (Å²) >= 11 is 0. The van der Waals surface area contributed by atoms with Gasteiger partial charge >= 0.3 is 6.03 Å². The number of non-ortho nitro benzene ring substituents is 1. The highest BCUT2D eigenvalue weighted by Gasteiger charge is 2.51. The average Bonchev–Trinajstić information content (AvgIpc) is 2.88. The van der Waals surface area contributed by atoms with Gasteiger partial charge in [0.25, 0.3) is 11.6 Å². The Hall–Kier alpha value is -3.22. The van der Waals surface area contributed by atoms with Gasteiger partial charge < -0.3 is 5.32 Å². The molecule has 1 atom stereocenters. The van der Waals surface area contributed by atoms with Crippen molar-refractivity contribution in [2.24, 2.45) is 0 Å². The van der Waals surface area contributed by atoms with Gasteiger partial charge in [-0.3, -0.25) is 19.8 Å². The molecule has 0 bridgehead atoms. The Morgan fingerprint density at radius 3 is 2.31 bits per heavy atom. The van der Waals surface area contributed by atoms with Crippen LogP contribution in [0.5, 0.6) is 0 Å². The minimum Gasteiger partial charge on any atom is -0.319 e. The molecule has 0 aromatic heterocycles. The molecular weight excluding hydrogens is 334 g/mol. The smallest absolute Gasteiger partial charge is 0.319 e. The number of nitro groups is 1. The second kappa shape index (κ2) is 6.95. The van der Waals surface area contributed by atoms with E-state index >= 15 is 0 Å².